The number of carbonyl (C=O) groups excluding carboxylic acids is 1. The molecule has 7 heteroatoms. The maximum absolute atomic E-state index is 12.5. The molecule has 1 N–H and O–H groups in total. The van der Waals surface area contributed by atoms with E-state index in [0.717, 1.165) is 23.8 Å². The first-order valence-electron chi connectivity index (χ1n) is 10.5. The molecular weight excluding hydrogens is 394 g/mol. The van der Waals surface area contributed by atoms with Crippen molar-refractivity contribution in [3.63, 3.8) is 0 Å². The summed E-state index contributed by atoms with van der Waals surface area (Å²) in [4.78, 5) is 12.5. The molecule has 0 amide bonds. The first-order chi connectivity index (χ1) is 15.1. The Morgan fingerprint density at radius 1 is 1.16 bits per heavy atom. The van der Waals surface area contributed by atoms with Crippen LogP contribution in [0.25, 0.3) is 11.0 Å². The van der Waals surface area contributed by atoms with Gasteiger partial charge in [-0.15, -0.1) is 0 Å². The predicted octanol–water partition coefficient (Wildman–Crippen LogP) is 4.14. The molecule has 1 aromatic heterocycles. The van der Waals surface area contributed by atoms with Gasteiger partial charge in [-0.3, -0.25) is 4.79 Å². The smallest absolute Gasteiger partial charge is 0.205 e. The quantitative estimate of drug-likeness (QED) is 0.392. The molecule has 3 aromatic rings. The number of nitrogens with zero attached hydrogens (tertiary/aromatic N) is 2. The summed E-state index contributed by atoms with van der Waals surface area (Å²) in [6.45, 7) is 5.53. The Morgan fingerprint density at radius 3 is 2.71 bits per heavy atom. The second kappa shape index (κ2) is 9.66. The van der Waals surface area contributed by atoms with Gasteiger partial charge >= 0.3 is 0 Å². The minimum absolute atomic E-state index is 0.0675. The lowest BCUT2D eigenvalue weighted by molar-refractivity contribution is 0.101. The number of fused-ring (bicyclic) bond motifs is 1. The van der Waals surface area contributed by atoms with Gasteiger partial charge in [-0.2, -0.15) is 5.10 Å². The van der Waals surface area contributed by atoms with E-state index < -0.39 is 0 Å². The van der Waals surface area contributed by atoms with Gasteiger partial charge in [-0.05, 0) is 43.9 Å². The Kier molecular flexibility index (Phi) is 6.52. The summed E-state index contributed by atoms with van der Waals surface area (Å²) < 4.78 is 18.0. The largest absolute Gasteiger partial charge is 0.487 e. The van der Waals surface area contributed by atoms with Gasteiger partial charge in [0, 0.05) is 11.6 Å². The minimum atomic E-state index is -0.0675. The van der Waals surface area contributed by atoms with Crippen molar-refractivity contribution in [1.82, 2.24) is 10.5 Å². The van der Waals surface area contributed by atoms with E-state index in [1.807, 2.05) is 31.2 Å². The highest BCUT2D eigenvalue weighted by molar-refractivity contribution is 6.05. The van der Waals surface area contributed by atoms with Crippen LogP contribution in [0, 0.1) is 6.92 Å². The number of ether oxygens (including phenoxy) is 2. The van der Waals surface area contributed by atoms with Gasteiger partial charge in [0.1, 0.15) is 6.61 Å². The third kappa shape index (κ3) is 4.72. The summed E-state index contributed by atoms with van der Waals surface area (Å²) in [5.74, 6) is 0.860. The van der Waals surface area contributed by atoms with E-state index in [0.29, 0.717) is 48.9 Å². The van der Waals surface area contributed by atoms with Crippen molar-refractivity contribution in [1.29, 1.82) is 0 Å². The molecule has 0 aliphatic carbocycles. The Labute approximate surface area is 181 Å². The van der Waals surface area contributed by atoms with E-state index in [4.69, 9.17) is 13.9 Å². The fourth-order valence-corrected chi connectivity index (χ4v) is 3.79. The first-order valence-corrected chi connectivity index (χ1v) is 10.5. The standard InChI is InChI=1S/C24H27N3O4/c1-17-20-10-15-30-22(20)24(29-14-6-9-19-7-4-3-5-8-19)23(21(17)18(2)28)31-16-13-27-25-11-12-26-27/h3-5,7-8,10-11,15,26H,6,9,12-14,16H2,1-2H3. The Morgan fingerprint density at radius 2 is 1.97 bits per heavy atom. The number of carbonyl (C=O) groups is 1. The van der Waals surface area contributed by atoms with E-state index >= 15 is 0 Å². The van der Waals surface area contributed by atoms with E-state index in [1.165, 1.54) is 5.56 Å². The third-order valence-corrected chi connectivity index (χ3v) is 5.27. The molecule has 0 bridgehead atoms. The van der Waals surface area contributed by atoms with Crippen molar-refractivity contribution in [2.75, 3.05) is 26.3 Å². The zero-order valence-electron chi connectivity index (χ0n) is 17.9. The fraction of sp³-hybridized carbons (Fsp3) is 0.333. The predicted molar refractivity (Wildman–Crippen MR) is 120 cm³/mol. The van der Waals surface area contributed by atoms with Crippen molar-refractivity contribution < 1.29 is 18.7 Å². The summed E-state index contributed by atoms with van der Waals surface area (Å²) in [6, 6.07) is 12.2. The topological polar surface area (TPSA) is 76.3 Å². The molecular formula is C24H27N3O4. The summed E-state index contributed by atoms with van der Waals surface area (Å²) >= 11 is 0. The van der Waals surface area contributed by atoms with Gasteiger partial charge in [-0.25, -0.2) is 10.5 Å². The number of benzene rings is 2. The summed E-state index contributed by atoms with van der Waals surface area (Å²) in [7, 11) is 0. The maximum atomic E-state index is 12.5. The Bertz CT molecular complexity index is 1080. The van der Waals surface area contributed by atoms with Crippen LogP contribution in [0.1, 0.15) is 34.8 Å². The van der Waals surface area contributed by atoms with Crippen molar-refractivity contribution in [3.8, 4) is 11.5 Å². The van der Waals surface area contributed by atoms with Crippen LogP contribution in [0.15, 0.2) is 52.2 Å². The molecule has 0 spiro atoms. The SMILES string of the molecule is CC(=O)c1c(OCCN2N=CCN2)c(OCCCc2ccccc2)c2occc2c1C. The summed E-state index contributed by atoms with van der Waals surface area (Å²) in [5.41, 5.74) is 6.34. The highest BCUT2D eigenvalue weighted by Crippen LogP contribution is 2.43. The fourth-order valence-electron chi connectivity index (χ4n) is 3.79. The van der Waals surface area contributed by atoms with Crippen LogP contribution >= 0.6 is 0 Å². The number of nitrogens with one attached hydrogen (secondary N) is 1. The van der Waals surface area contributed by atoms with Gasteiger partial charge in [-0.1, -0.05) is 30.3 Å². The molecule has 162 valence electrons. The molecule has 2 heterocycles. The van der Waals surface area contributed by atoms with Crippen LogP contribution in [-0.2, 0) is 6.42 Å². The van der Waals surface area contributed by atoms with Crippen LogP contribution < -0.4 is 14.9 Å². The molecule has 0 radical (unpaired) electrons. The highest BCUT2D eigenvalue weighted by Gasteiger charge is 2.25. The lowest BCUT2D eigenvalue weighted by Gasteiger charge is -2.20. The number of hydrogen-bond donors (Lipinski definition) is 1. The molecule has 0 fully saturated rings. The zero-order valence-corrected chi connectivity index (χ0v) is 17.9. The average molecular weight is 421 g/mol. The zero-order chi connectivity index (χ0) is 21.6. The molecule has 1 aliphatic rings. The monoisotopic (exact) mass is 421 g/mol. The number of furan rings is 1. The first kappa shape index (κ1) is 20.9. The van der Waals surface area contributed by atoms with Gasteiger partial charge < -0.3 is 13.9 Å². The Hall–Kier alpha value is -3.32. The van der Waals surface area contributed by atoms with E-state index in [9.17, 15) is 4.79 Å². The molecule has 7 nitrogen and oxygen atoms in total. The van der Waals surface area contributed by atoms with Gasteiger partial charge in [0.25, 0.3) is 0 Å². The normalized spacial score (nSPS) is 13.2. The molecule has 0 unspecified atom stereocenters. The molecule has 0 saturated carbocycles. The van der Waals surface area contributed by atoms with E-state index in [2.05, 4.69) is 22.7 Å². The molecule has 4 rings (SSSR count). The number of aryl methyl sites for hydroxylation is 2. The van der Waals surface area contributed by atoms with Crippen molar-refractivity contribution in [3.05, 3.63) is 59.4 Å². The molecule has 31 heavy (non-hydrogen) atoms. The van der Waals surface area contributed by atoms with Crippen molar-refractivity contribution in [2.24, 2.45) is 5.10 Å². The minimum Gasteiger partial charge on any atom is -0.487 e. The number of rotatable bonds is 10. The number of hydrazone groups is 1. The third-order valence-electron chi connectivity index (χ3n) is 5.27. The molecule has 0 saturated heterocycles. The van der Waals surface area contributed by atoms with E-state index in [-0.39, 0.29) is 5.78 Å². The molecule has 0 atom stereocenters. The van der Waals surface area contributed by atoms with Crippen LogP contribution in [0.5, 0.6) is 11.5 Å². The highest BCUT2D eigenvalue weighted by atomic mass is 16.5. The van der Waals surface area contributed by atoms with Crippen LogP contribution in [0.4, 0.5) is 0 Å². The number of Topliss-reactive ketones (excluding diaryl/α,β-unsaturated/α-hetero) is 1. The van der Waals surface area contributed by atoms with Gasteiger partial charge in [0.15, 0.2) is 17.1 Å². The number of hydrazine groups is 1. The van der Waals surface area contributed by atoms with Gasteiger partial charge in [0.05, 0.1) is 31.5 Å². The molecule has 1 aliphatic heterocycles. The number of ketones is 1. The van der Waals surface area contributed by atoms with Crippen LogP contribution in [-0.4, -0.2) is 43.4 Å². The van der Waals surface area contributed by atoms with Crippen molar-refractivity contribution >= 4 is 23.0 Å². The van der Waals surface area contributed by atoms with Crippen LogP contribution in [0.2, 0.25) is 0 Å². The molecule has 2 aromatic carbocycles. The summed E-state index contributed by atoms with van der Waals surface area (Å²) in [6.07, 6.45) is 5.15. The average Bonchev–Trinajstić information content (AvgIpc) is 3.46. The second-order valence-corrected chi connectivity index (χ2v) is 7.45. The maximum Gasteiger partial charge on any atom is 0.205 e. The second-order valence-electron chi connectivity index (χ2n) is 7.45. The Balaban J connectivity index is 1.56. The lowest BCUT2D eigenvalue weighted by atomic mass is 9.99. The lowest BCUT2D eigenvalue weighted by Crippen LogP contribution is -2.32. The van der Waals surface area contributed by atoms with E-state index in [1.54, 1.807) is 24.5 Å². The number of hydrogen-bond acceptors (Lipinski definition) is 7. The van der Waals surface area contributed by atoms with Crippen molar-refractivity contribution in [2.45, 2.75) is 26.7 Å². The van der Waals surface area contributed by atoms with Gasteiger partial charge in [0.2, 0.25) is 5.75 Å². The summed E-state index contributed by atoms with van der Waals surface area (Å²) in [5, 5.41) is 6.77. The van der Waals surface area contributed by atoms with Crippen LogP contribution in [0.3, 0.4) is 0 Å².